The van der Waals surface area contributed by atoms with Gasteiger partial charge in [0.25, 0.3) is 0 Å². The van der Waals surface area contributed by atoms with Crippen molar-refractivity contribution in [2.45, 2.75) is 66.7 Å². The van der Waals surface area contributed by atoms with E-state index in [1.54, 1.807) is 0 Å². The van der Waals surface area contributed by atoms with Crippen LogP contribution in [0.25, 0.3) is 5.65 Å². The summed E-state index contributed by atoms with van der Waals surface area (Å²) in [4.78, 5) is 17.0. The number of benzene rings is 1. The van der Waals surface area contributed by atoms with Crippen LogP contribution in [0.4, 0.5) is 0 Å². The molecule has 154 valence electrons. The van der Waals surface area contributed by atoms with Crippen LogP contribution in [0.5, 0.6) is 0 Å². The Morgan fingerprint density at radius 1 is 1.14 bits per heavy atom. The molecule has 2 aromatic heterocycles. The van der Waals surface area contributed by atoms with Crippen LogP contribution in [-0.2, 0) is 29.1 Å². The summed E-state index contributed by atoms with van der Waals surface area (Å²) in [6.07, 6.45) is 1.29. The van der Waals surface area contributed by atoms with Gasteiger partial charge in [0.15, 0.2) is 5.65 Å². The zero-order valence-corrected chi connectivity index (χ0v) is 18.0. The van der Waals surface area contributed by atoms with Gasteiger partial charge in [-0.05, 0) is 57.7 Å². The first kappa shape index (κ1) is 21.0. The van der Waals surface area contributed by atoms with Crippen LogP contribution < -0.4 is 5.32 Å². The number of nitrogens with zero attached hydrogens (tertiary/aromatic N) is 3. The molecular weight excluding hydrogens is 364 g/mol. The summed E-state index contributed by atoms with van der Waals surface area (Å²) in [5.74, 6) is 0.0350. The van der Waals surface area contributed by atoms with Gasteiger partial charge in [0.1, 0.15) is 0 Å². The van der Waals surface area contributed by atoms with Crippen LogP contribution in [0, 0.1) is 20.8 Å². The highest BCUT2D eigenvalue weighted by Gasteiger charge is 2.12. The molecule has 3 aromatic rings. The average molecular weight is 395 g/mol. The Morgan fingerprint density at radius 2 is 1.83 bits per heavy atom. The molecule has 0 bridgehead atoms. The minimum atomic E-state index is 0.0350. The number of hydrogen-bond acceptors (Lipinski definition) is 4. The van der Waals surface area contributed by atoms with Gasteiger partial charge in [-0.15, -0.1) is 0 Å². The SMILES string of the molecule is Cc1cc2nc(C)c(CCC(=O)NCc3ccc(COC(C)C)cc3)c(C)n2n1. The topological polar surface area (TPSA) is 68.5 Å². The monoisotopic (exact) mass is 394 g/mol. The van der Waals surface area contributed by atoms with E-state index in [-0.39, 0.29) is 12.0 Å². The molecular formula is C23H30N4O2. The number of carbonyl (C=O) groups excluding carboxylic acids is 1. The quantitative estimate of drug-likeness (QED) is 0.630. The van der Waals surface area contributed by atoms with E-state index in [1.165, 1.54) is 0 Å². The molecule has 0 spiro atoms. The van der Waals surface area contributed by atoms with Gasteiger partial charge in [-0.3, -0.25) is 4.79 Å². The van der Waals surface area contributed by atoms with Gasteiger partial charge in [0.05, 0.1) is 18.4 Å². The van der Waals surface area contributed by atoms with Crippen LogP contribution in [0.2, 0.25) is 0 Å². The minimum absolute atomic E-state index is 0.0350. The molecule has 1 aromatic carbocycles. The molecule has 0 radical (unpaired) electrons. The fraction of sp³-hybridized carbons (Fsp3) is 0.435. The van der Waals surface area contributed by atoms with E-state index < -0.39 is 0 Å². The Balaban J connectivity index is 1.53. The maximum Gasteiger partial charge on any atom is 0.220 e. The normalized spacial score (nSPS) is 11.4. The fourth-order valence-electron chi connectivity index (χ4n) is 3.35. The number of ether oxygens (including phenoxy) is 1. The molecule has 29 heavy (non-hydrogen) atoms. The van der Waals surface area contributed by atoms with Gasteiger partial charge in [-0.25, -0.2) is 9.50 Å². The molecule has 1 N–H and O–H groups in total. The van der Waals surface area contributed by atoms with Crippen molar-refractivity contribution in [3.8, 4) is 0 Å². The fourth-order valence-corrected chi connectivity index (χ4v) is 3.35. The smallest absolute Gasteiger partial charge is 0.220 e. The number of fused-ring (bicyclic) bond motifs is 1. The predicted molar refractivity (Wildman–Crippen MR) is 114 cm³/mol. The van der Waals surface area contributed by atoms with E-state index in [0.29, 0.717) is 26.0 Å². The summed E-state index contributed by atoms with van der Waals surface area (Å²) < 4.78 is 7.47. The van der Waals surface area contributed by atoms with Gasteiger partial charge < -0.3 is 10.1 Å². The third kappa shape index (κ3) is 5.41. The molecule has 6 heteroatoms. The number of aromatic nitrogens is 3. The lowest BCUT2D eigenvalue weighted by Crippen LogP contribution is -2.23. The molecule has 3 rings (SSSR count). The van der Waals surface area contributed by atoms with Gasteiger partial charge in [-0.1, -0.05) is 24.3 Å². The Labute approximate surface area is 172 Å². The average Bonchev–Trinajstić information content (AvgIpc) is 3.05. The summed E-state index contributed by atoms with van der Waals surface area (Å²) in [6.45, 7) is 11.2. The van der Waals surface area contributed by atoms with E-state index in [4.69, 9.17) is 4.74 Å². The van der Waals surface area contributed by atoms with Crippen LogP contribution >= 0.6 is 0 Å². The molecule has 0 unspecified atom stereocenters. The lowest BCUT2D eigenvalue weighted by molar-refractivity contribution is -0.121. The number of carbonyl (C=O) groups is 1. The van der Waals surface area contributed by atoms with Crippen molar-refractivity contribution >= 4 is 11.6 Å². The first-order valence-electron chi connectivity index (χ1n) is 10.1. The van der Waals surface area contributed by atoms with Crippen molar-refractivity contribution in [2.75, 3.05) is 0 Å². The zero-order valence-electron chi connectivity index (χ0n) is 18.0. The highest BCUT2D eigenvalue weighted by atomic mass is 16.5. The number of rotatable bonds is 8. The van der Waals surface area contributed by atoms with Crippen molar-refractivity contribution in [3.05, 3.63) is 64.1 Å². The van der Waals surface area contributed by atoms with Crippen molar-refractivity contribution in [1.29, 1.82) is 0 Å². The number of aryl methyl sites for hydroxylation is 3. The minimum Gasteiger partial charge on any atom is -0.374 e. The summed E-state index contributed by atoms with van der Waals surface area (Å²) in [6, 6.07) is 10.1. The molecule has 0 saturated carbocycles. The van der Waals surface area contributed by atoms with E-state index in [1.807, 2.05) is 69.5 Å². The first-order valence-corrected chi connectivity index (χ1v) is 10.1. The van der Waals surface area contributed by atoms with Gasteiger partial charge >= 0.3 is 0 Å². The molecule has 1 amide bonds. The first-order chi connectivity index (χ1) is 13.8. The third-order valence-corrected chi connectivity index (χ3v) is 4.98. The van der Waals surface area contributed by atoms with Gasteiger partial charge in [0, 0.05) is 30.4 Å². The molecule has 0 saturated heterocycles. The predicted octanol–water partition coefficient (Wildman–Crippen LogP) is 3.83. The third-order valence-electron chi connectivity index (χ3n) is 4.98. The summed E-state index contributed by atoms with van der Waals surface area (Å²) in [7, 11) is 0. The second-order valence-electron chi connectivity index (χ2n) is 7.77. The Hall–Kier alpha value is -2.73. The van der Waals surface area contributed by atoms with Crippen molar-refractivity contribution < 1.29 is 9.53 Å². The summed E-state index contributed by atoms with van der Waals surface area (Å²) in [5.41, 5.74) is 7.11. The van der Waals surface area contributed by atoms with Crippen LogP contribution in [0.15, 0.2) is 30.3 Å². The standard InChI is InChI=1S/C23H30N4O2/c1-15(2)29-14-20-8-6-19(7-9-20)13-24-23(28)11-10-21-17(4)25-22-12-16(3)26-27(22)18(21)5/h6-9,12,15H,10-11,13-14H2,1-5H3,(H,24,28). The number of hydrogen-bond donors (Lipinski definition) is 1. The van der Waals surface area contributed by atoms with Crippen LogP contribution in [0.3, 0.4) is 0 Å². The Kier molecular flexibility index (Phi) is 6.64. The van der Waals surface area contributed by atoms with Gasteiger partial charge in [0.2, 0.25) is 5.91 Å². The summed E-state index contributed by atoms with van der Waals surface area (Å²) in [5, 5.41) is 7.50. The van der Waals surface area contributed by atoms with E-state index in [2.05, 4.69) is 15.4 Å². The zero-order chi connectivity index (χ0) is 21.0. The molecule has 0 aliphatic rings. The molecule has 0 aliphatic heterocycles. The number of amides is 1. The van der Waals surface area contributed by atoms with Crippen LogP contribution in [-0.4, -0.2) is 26.6 Å². The van der Waals surface area contributed by atoms with Crippen molar-refractivity contribution in [1.82, 2.24) is 19.9 Å². The van der Waals surface area contributed by atoms with Crippen molar-refractivity contribution in [2.24, 2.45) is 0 Å². The van der Waals surface area contributed by atoms with E-state index in [0.717, 1.165) is 39.4 Å². The largest absolute Gasteiger partial charge is 0.374 e. The Morgan fingerprint density at radius 3 is 2.52 bits per heavy atom. The van der Waals surface area contributed by atoms with Crippen LogP contribution in [0.1, 0.15) is 54.0 Å². The molecule has 6 nitrogen and oxygen atoms in total. The highest BCUT2D eigenvalue weighted by Crippen LogP contribution is 2.17. The lowest BCUT2D eigenvalue weighted by atomic mass is 10.1. The maximum atomic E-state index is 12.4. The molecule has 0 atom stereocenters. The highest BCUT2D eigenvalue weighted by molar-refractivity contribution is 5.76. The second kappa shape index (κ2) is 9.18. The van der Waals surface area contributed by atoms with Crippen molar-refractivity contribution in [3.63, 3.8) is 0 Å². The van der Waals surface area contributed by atoms with Gasteiger partial charge in [-0.2, -0.15) is 5.10 Å². The lowest BCUT2D eigenvalue weighted by Gasteiger charge is -2.11. The number of nitrogens with one attached hydrogen (secondary N) is 1. The maximum absolute atomic E-state index is 12.4. The molecule has 0 aliphatic carbocycles. The second-order valence-corrected chi connectivity index (χ2v) is 7.77. The molecule has 2 heterocycles. The van der Waals surface area contributed by atoms with E-state index >= 15 is 0 Å². The Bertz CT molecular complexity index is 990. The van der Waals surface area contributed by atoms with E-state index in [9.17, 15) is 4.79 Å². The summed E-state index contributed by atoms with van der Waals surface area (Å²) >= 11 is 0. The molecule has 0 fully saturated rings.